The van der Waals surface area contributed by atoms with Crippen LogP contribution in [0.15, 0.2) is 12.3 Å². The second-order valence-electron chi connectivity index (χ2n) is 6.00. The molecule has 1 saturated heterocycles. The van der Waals surface area contributed by atoms with Crippen LogP contribution in [0, 0.1) is 5.92 Å². The molecule has 4 nitrogen and oxygen atoms in total. The van der Waals surface area contributed by atoms with Crippen LogP contribution in [0.3, 0.4) is 0 Å². The highest BCUT2D eigenvalue weighted by molar-refractivity contribution is 5.80. The molecule has 1 aromatic rings. The summed E-state index contributed by atoms with van der Waals surface area (Å²) in [6, 6.07) is 2.59. The first-order valence-electron chi connectivity index (χ1n) is 7.58. The normalized spacial score (nSPS) is 24.1. The largest absolute Gasteiger partial charge is 0.316 e. The molecule has 0 aromatic carbocycles. The second kappa shape index (κ2) is 5.87. The Morgan fingerprint density at radius 1 is 1.37 bits per heavy atom. The van der Waals surface area contributed by atoms with Crippen molar-refractivity contribution in [1.29, 1.82) is 0 Å². The van der Waals surface area contributed by atoms with E-state index in [9.17, 15) is 4.79 Å². The van der Waals surface area contributed by atoms with Crippen molar-refractivity contribution in [3.05, 3.63) is 18.0 Å². The molecular formula is C15H23N3O. The summed E-state index contributed by atoms with van der Waals surface area (Å²) in [5, 5.41) is 7.90. The highest BCUT2D eigenvalue weighted by atomic mass is 16.1. The Labute approximate surface area is 114 Å². The van der Waals surface area contributed by atoms with Crippen LogP contribution >= 0.6 is 0 Å². The highest BCUT2D eigenvalue weighted by Gasteiger charge is 2.20. The third-order valence-electron chi connectivity index (χ3n) is 4.42. The van der Waals surface area contributed by atoms with Gasteiger partial charge >= 0.3 is 0 Å². The molecule has 2 fully saturated rings. The summed E-state index contributed by atoms with van der Waals surface area (Å²) in [7, 11) is 0. The Hall–Kier alpha value is -1.16. The molecule has 3 rings (SSSR count). The van der Waals surface area contributed by atoms with Gasteiger partial charge in [0.25, 0.3) is 0 Å². The minimum atomic E-state index is 0.338. The molecule has 2 aliphatic rings. The van der Waals surface area contributed by atoms with Gasteiger partial charge in [0.1, 0.15) is 5.78 Å². The number of nitrogens with zero attached hydrogens (tertiary/aromatic N) is 2. The predicted molar refractivity (Wildman–Crippen MR) is 74.0 cm³/mol. The van der Waals surface area contributed by atoms with E-state index >= 15 is 0 Å². The van der Waals surface area contributed by atoms with Gasteiger partial charge in [-0.25, -0.2) is 0 Å². The minimum Gasteiger partial charge on any atom is -0.316 e. The fourth-order valence-electron chi connectivity index (χ4n) is 3.33. The lowest BCUT2D eigenvalue weighted by Crippen LogP contribution is -2.14. The average molecular weight is 261 g/mol. The van der Waals surface area contributed by atoms with Crippen molar-refractivity contribution in [1.82, 2.24) is 15.1 Å². The molecule has 1 saturated carbocycles. The van der Waals surface area contributed by atoms with Crippen molar-refractivity contribution >= 4 is 5.78 Å². The number of carbonyl (C=O) groups is 1. The SMILES string of the molecule is O=C(Cc1ccn(C2CCCC2)n1)CC1CCNC1. The molecule has 1 aliphatic heterocycles. The molecule has 1 N–H and O–H groups in total. The van der Waals surface area contributed by atoms with Crippen LogP contribution in [0.1, 0.15) is 50.3 Å². The number of aromatic nitrogens is 2. The Balaban J connectivity index is 1.52. The van der Waals surface area contributed by atoms with Crippen LogP contribution in [-0.4, -0.2) is 28.7 Å². The van der Waals surface area contributed by atoms with Gasteiger partial charge in [0.15, 0.2) is 0 Å². The zero-order valence-electron chi connectivity index (χ0n) is 11.5. The Morgan fingerprint density at radius 3 is 2.95 bits per heavy atom. The van der Waals surface area contributed by atoms with Gasteiger partial charge in [0.2, 0.25) is 0 Å². The summed E-state index contributed by atoms with van der Waals surface area (Å²) in [4.78, 5) is 12.0. The minimum absolute atomic E-state index is 0.338. The van der Waals surface area contributed by atoms with E-state index in [1.54, 1.807) is 0 Å². The second-order valence-corrected chi connectivity index (χ2v) is 6.00. The Morgan fingerprint density at radius 2 is 2.21 bits per heavy atom. The van der Waals surface area contributed by atoms with Crippen LogP contribution < -0.4 is 5.32 Å². The molecule has 0 radical (unpaired) electrons. The van der Waals surface area contributed by atoms with Crippen LogP contribution in [0.25, 0.3) is 0 Å². The fourth-order valence-corrected chi connectivity index (χ4v) is 3.33. The van der Waals surface area contributed by atoms with Gasteiger partial charge in [0, 0.05) is 12.6 Å². The fraction of sp³-hybridized carbons (Fsp3) is 0.733. The topological polar surface area (TPSA) is 46.9 Å². The van der Waals surface area contributed by atoms with Crippen molar-refractivity contribution < 1.29 is 4.79 Å². The lowest BCUT2D eigenvalue weighted by atomic mass is 10.00. The molecule has 19 heavy (non-hydrogen) atoms. The Bertz CT molecular complexity index is 428. The summed E-state index contributed by atoms with van der Waals surface area (Å²) >= 11 is 0. The third kappa shape index (κ3) is 3.24. The van der Waals surface area contributed by atoms with Crippen molar-refractivity contribution in [3.63, 3.8) is 0 Å². The number of carbonyl (C=O) groups excluding carboxylic acids is 1. The maximum absolute atomic E-state index is 12.0. The van der Waals surface area contributed by atoms with Gasteiger partial charge in [-0.05, 0) is 44.3 Å². The maximum Gasteiger partial charge on any atom is 0.139 e. The van der Waals surface area contributed by atoms with Crippen molar-refractivity contribution in [2.75, 3.05) is 13.1 Å². The summed E-state index contributed by atoms with van der Waals surface area (Å²) in [5.41, 5.74) is 0.947. The molecule has 0 spiro atoms. The predicted octanol–water partition coefficient (Wildman–Crippen LogP) is 2.11. The lowest BCUT2D eigenvalue weighted by molar-refractivity contribution is -0.119. The smallest absolute Gasteiger partial charge is 0.139 e. The zero-order chi connectivity index (χ0) is 13.1. The number of nitrogens with one attached hydrogen (secondary N) is 1. The molecule has 0 amide bonds. The van der Waals surface area contributed by atoms with Crippen LogP contribution in [0.4, 0.5) is 0 Å². The number of ketones is 1. The Kier molecular flexibility index (Phi) is 3.97. The van der Waals surface area contributed by atoms with Crippen LogP contribution in [0.2, 0.25) is 0 Å². The molecule has 1 unspecified atom stereocenters. The zero-order valence-corrected chi connectivity index (χ0v) is 11.5. The molecule has 2 heterocycles. The molecule has 104 valence electrons. The van der Waals surface area contributed by atoms with E-state index in [4.69, 9.17) is 0 Å². The van der Waals surface area contributed by atoms with Crippen LogP contribution in [0.5, 0.6) is 0 Å². The van der Waals surface area contributed by atoms with Crippen molar-refractivity contribution in [2.45, 2.75) is 51.0 Å². The first-order valence-corrected chi connectivity index (χ1v) is 7.58. The number of Topliss-reactive ketones (excluding diaryl/α,β-unsaturated/α-hetero) is 1. The van der Waals surface area contributed by atoms with Gasteiger partial charge in [-0.2, -0.15) is 5.10 Å². The third-order valence-corrected chi connectivity index (χ3v) is 4.42. The lowest BCUT2D eigenvalue weighted by Gasteiger charge is -2.09. The van der Waals surface area contributed by atoms with Crippen LogP contribution in [-0.2, 0) is 11.2 Å². The summed E-state index contributed by atoms with van der Waals surface area (Å²) < 4.78 is 2.08. The molecule has 0 bridgehead atoms. The summed E-state index contributed by atoms with van der Waals surface area (Å²) in [5.74, 6) is 0.884. The van der Waals surface area contributed by atoms with E-state index in [1.807, 2.05) is 6.07 Å². The standard InChI is InChI=1S/C15H23N3O/c19-15(9-12-5-7-16-11-12)10-13-6-8-18(17-13)14-3-1-2-4-14/h6,8,12,14,16H,1-5,7,9-11H2. The number of hydrogen-bond acceptors (Lipinski definition) is 3. The summed E-state index contributed by atoms with van der Waals surface area (Å²) in [6.45, 7) is 2.07. The maximum atomic E-state index is 12.0. The van der Waals surface area contributed by atoms with E-state index in [2.05, 4.69) is 21.3 Å². The summed E-state index contributed by atoms with van der Waals surface area (Å²) in [6.07, 6.45) is 9.52. The molecule has 1 aromatic heterocycles. The first-order chi connectivity index (χ1) is 9.31. The van der Waals surface area contributed by atoms with Crippen molar-refractivity contribution in [2.24, 2.45) is 5.92 Å². The number of rotatable bonds is 5. The van der Waals surface area contributed by atoms with Gasteiger partial charge in [-0.1, -0.05) is 12.8 Å². The van der Waals surface area contributed by atoms with Gasteiger partial charge < -0.3 is 5.32 Å². The molecule has 4 heteroatoms. The van der Waals surface area contributed by atoms with E-state index in [-0.39, 0.29) is 0 Å². The van der Waals surface area contributed by atoms with Gasteiger partial charge in [-0.15, -0.1) is 0 Å². The van der Waals surface area contributed by atoms with E-state index in [0.717, 1.165) is 25.2 Å². The molecule has 1 aliphatic carbocycles. The average Bonchev–Trinajstić information content (AvgIpc) is 3.09. The highest BCUT2D eigenvalue weighted by Crippen LogP contribution is 2.28. The molecule has 1 atom stereocenters. The molecular weight excluding hydrogens is 238 g/mol. The van der Waals surface area contributed by atoms with Gasteiger partial charge in [-0.3, -0.25) is 9.48 Å². The van der Waals surface area contributed by atoms with E-state index < -0.39 is 0 Å². The van der Waals surface area contributed by atoms with E-state index in [1.165, 1.54) is 25.7 Å². The van der Waals surface area contributed by atoms with Crippen molar-refractivity contribution in [3.8, 4) is 0 Å². The number of hydrogen-bond donors (Lipinski definition) is 1. The first kappa shape index (κ1) is 12.9. The quantitative estimate of drug-likeness (QED) is 0.883. The van der Waals surface area contributed by atoms with E-state index in [0.29, 0.717) is 30.6 Å². The van der Waals surface area contributed by atoms with Gasteiger partial charge in [0.05, 0.1) is 18.2 Å². The monoisotopic (exact) mass is 261 g/mol.